The molecule has 0 spiro atoms. The normalized spacial score (nSPS) is 25.7. The maximum absolute atomic E-state index is 14.8. The predicted molar refractivity (Wildman–Crippen MR) is 106 cm³/mol. The molecule has 2 heterocycles. The molecule has 5 nitrogen and oxygen atoms in total. The lowest BCUT2D eigenvalue weighted by Crippen LogP contribution is -2.58. The molecule has 2 aromatic rings. The fourth-order valence-corrected chi connectivity index (χ4v) is 6.67. The van der Waals surface area contributed by atoms with E-state index in [1.54, 1.807) is 6.07 Å². The van der Waals surface area contributed by atoms with Crippen LogP contribution in [0.3, 0.4) is 0 Å². The second-order valence-corrected chi connectivity index (χ2v) is 11.1. The number of amidine groups is 1. The number of aliphatic imine (C=N–C) groups is 1. The van der Waals surface area contributed by atoms with Crippen molar-refractivity contribution in [2.45, 2.75) is 36.7 Å². The van der Waals surface area contributed by atoms with Crippen LogP contribution in [0, 0.1) is 23.0 Å². The van der Waals surface area contributed by atoms with Crippen LogP contribution in [-0.4, -0.2) is 30.9 Å². The van der Waals surface area contributed by atoms with Crippen LogP contribution in [-0.2, 0) is 15.4 Å². The summed E-state index contributed by atoms with van der Waals surface area (Å²) in [5, 5.41) is 8.97. The number of nitrogens with two attached hydrogens (primary N) is 1. The van der Waals surface area contributed by atoms with Gasteiger partial charge in [0.15, 0.2) is 9.84 Å². The van der Waals surface area contributed by atoms with Crippen molar-refractivity contribution < 1.29 is 30.4 Å². The molecule has 1 aromatic carbocycles. The lowest BCUT2D eigenvalue weighted by molar-refractivity contribution is -0.137. The Morgan fingerprint density at radius 3 is 2.42 bits per heavy atom. The fourth-order valence-electron chi connectivity index (χ4n) is 3.45. The van der Waals surface area contributed by atoms with E-state index in [1.807, 2.05) is 0 Å². The number of thiophene rings is 1. The summed E-state index contributed by atoms with van der Waals surface area (Å²) in [6.07, 6.45) is -6.52. The average Bonchev–Trinajstić information content (AvgIpc) is 3.01. The molecule has 2 unspecified atom stereocenters. The Hall–Kier alpha value is -2.52. The van der Waals surface area contributed by atoms with Crippen LogP contribution in [0.15, 0.2) is 29.3 Å². The highest BCUT2D eigenvalue weighted by Gasteiger charge is 2.56. The van der Waals surface area contributed by atoms with Gasteiger partial charge in [-0.05, 0) is 37.6 Å². The molecule has 0 aliphatic carbocycles. The molecule has 0 amide bonds. The van der Waals surface area contributed by atoms with Crippen LogP contribution in [0.1, 0.15) is 30.7 Å². The second-order valence-electron chi connectivity index (χ2n) is 7.65. The molecule has 1 aromatic heterocycles. The van der Waals surface area contributed by atoms with E-state index in [0.29, 0.717) is 5.56 Å². The van der Waals surface area contributed by atoms with Gasteiger partial charge in [-0.2, -0.15) is 18.4 Å². The molecule has 166 valence electrons. The van der Waals surface area contributed by atoms with Gasteiger partial charge in [0.25, 0.3) is 0 Å². The number of sulfone groups is 1. The van der Waals surface area contributed by atoms with Gasteiger partial charge in [0.1, 0.15) is 33.8 Å². The van der Waals surface area contributed by atoms with Crippen LogP contribution in [0.4, 0.5) is 22.0 Å². The first-order valence-corrected chi connectivity index (χ1v) is 11.2. The maximum atomic E-state index is 14.8. The third-order valence-corrected chi connectivity index (χ3v) is 9.23. The standard InChI is InChI=1S/C19H16F5N3O2S2/c1-17(9-31(28,29)18(2,16(26)27-17)8-19(22,23)24)15-13(21)6-14(30-15)10-3-4-12(20)11(5-10)7-25/h3-6H,8-9H2,1-2H3,(H2,26,27). The molecule has 0 bridgehead atoms. The maximum Gasteiger partial charge on any atom is 0.391 e. The minimum Gasteiger partial charge on any atom is -0.386 e. The summed E-state index contributed by atoms with van der Waals surface area (Å²) in [5.74, 6) is -3.22. The van der Waals surface area contributed by atoms with E-state index < -0.39 is 55.9 Å². The number of rotatable bonds is 3. The van der Waals surface area contributed by atoms with Crippen molar-refractivity contribution in [1.29, 1.82) is 5.26 Å². The number of hydrogen-bond acceptors (Lipinski definition) is 6. The Morgan fingerprint density at radius 1 is 1.23 bits per heavy atom. The highest BCUT2D eigenvalue weighted by molar-refractivity contribution is 7.93. The number of hydrogen-bond donors (Lipinski definition) is 1. The molecule has 12 heteroatoms. The first-order valence-electron chi connectivity index (χ1n) is 8.76. The topological polar surface area (TPSA) is 96.3 Å². The molecule has 0 fully saturated rings. The highest BCUT2D eigenvalue weighted by atomic mass is 32.2. The van der Waals surface area contributed by atoms with Gasteiger partial charge < -0.3 is 5.73 Å². The summed E-state index contributed by atoms with van der Waals surface area (Å²) in [7, 11) is -4.48. The molecule has 0 radical (unpaired) electrons. The van der Waals surface area contributed by atoms with E-state index in [0.717, 1.165) is 30.4 Å². The number of alkyl halides is 3. The molecule has 3 rings (SSSR count). The molecular formula is C19H16F5N3O2S2. The van der Waals surface area contributed by atoms with E-state index in [1.165, 1.54) is 19.1 Å². The summed E-state index contributed by atoms with van der Waals surface area (Å²) in [6.45, 7) is 2.13. The third-order valence-electron chi connectivity index (χ3n) is 5.15. The largest absolute Gasteiger partial charge is 0.391 e. The smallest absolute Gasteiger partial charge is 0.386 e. The summed E-state index contributed by atoms with van der Waals surface area (Å²) in [6, 6.07) is 6.31. The quantitative estimate of drug-likeness (QED) is 0.668. The van der Waals surface area contributed by atoms with Crippen molar-refractivity contribution in [3.63, 3.8) is 0 Å². The Kier molecular flexibility index (Phi) is 5.43. The van der Waals surface area contributed by atoms with Gasteiger partial charge in [-0.15, -0.1) is 11.3 Å². The lowest BCUT2D eigenvalue weighted by Gasteiger charge is -2.39. The van der Waals surface area contributed by atoms with Gasteiger partial charge in [-0.3, -0.25) is 4.99 Å². The molecule has 31 heavy (non-hydrogen) atoms. The van der Waals surface area contributed by atoms with E-state index in [2.05, 4.69) is 4.99 Å². The van der Waals surface area contributed by atoms with Crippen molar-refractivity contribution >= 4 is 27.0 Å². The Balaban J connectivity index is 2.10. The first kappa shape index (κ1) is 23.1. The predicted octanol–water partition coefficient (Wildman–Crippen LogP) is 4.28. The van der Waals surface area contributed by atoms with Gasteiger partial charge >= 0.3 is 6.18 Å². The molecule has 2 atom stereocenters. The van der Waals surface area contributed by atoms with Crippen molar-refractivity contribution in [3.05, 3.63) is 46.3 Å². The molecule has 1 aliphatic rings. The van der Waals surface area contributed by atoms with Gasteiger partial charge in [-0.25, -0.2) is 17.2 Å². The van der Waals surface area contributed by atoms with E-state index >= 15 is 0 Å². The summed E-state index contributed by atoms with van der Waals surface area (Å²) < 4.78 is 90.5. The summed E-state index contributed by atoms with van der Waals surface area (Å²) in [4.78, 5) is 4.12. The zero-order valence-electron chi connectivity index (χ0n) is 16.2. The zero-order chi connectivity index (χ0) is 23.4. The van der Waals surface area contributed by atoms with Gasteiger partial charge in [0, 0.05) is 4.88 Å². The summed E-state index contributed by atoms with van der Waals surface area (Å²) in [5.41, 5.74) is 4.01. The van der Waals surface area contributed by atoms with Crippen LogP contribution >= 0.6 is 11.3 Å². The number of nitriles is 1. The number of benzene rings is 1. The SMILES string of the molecule is CC1(c2sc(-c3ccc(F)c(C#N)c3)cc2F)CS(=O)(=O)C(C)(CC(F)(F)F)C(N)=N1. The van der Waals surface area contributed by atoms with Gasteiger partial charge in [0.2, 0.25) is 0 Å². The molecular weight excluding hydrogens is 461 g/mol. The Morgan fingerprint density at radius 2 is 1.87 bits per heavy atom. The molecule has 0 saturated carbocycles. The zero-order valence-corrected chi connectivity index (χ0v) is 17.9. The lowest BCUT2D eigenvalue weighted by atomic mass is 9.99. The Bertz CT molecular complexity index is 1230. The minimum absolute atomic E-state index is 0.147. The molecule has 1 aliphatic heterocycles. The summed E-state index contributed by atoms with van der Waals surface area (Å²) >= 11 is 0.803. The van der Waals surface area contributed by atoms with E-state index in [4.69, 9.17) is 11.0 Å². The van der Waals surface area contributed by atoms with Crippen molar-refractivity contribution in [2.24, 2.45) is 10.7 Å². The monoisotopic (exact) mass is 477 g/mol. The highest BCUT2D eigenvalue weighted by Crippen LogP contribution is 2.45. The van der Waals surface area contributed by atoms with Gasteiger partial charge in [0.05, 0.1) is 22.6 Å². The first-order chi connectivity index (χ1) is 14.1. The van der Waals surface area contributed by atoms with E-state index in [9.17, 15) is 30.4 Å². The second kappa shape index (κ2) is 7.27. The van der Waals surface area contributed by atoms with Crippen molar-refractivity contribution in [1.82, 2.24) is 0 Å². The molecule has 0 saturated heterocycles. The Labute approximate surface area is 178 Å². The number of nitrogens with zero attached hydrogens (tertiary/aromatic N) is 2. The third kappa shape index (κ3) is 4.04. The van der Waals surface area contributed by atoms with Gasteiger partial charge in [-0.1, -0.05) is 6.07 Å². The van der Waals surface area contributed by atoms with Crippen molar-refractivity contribution in [2.75, 3.05) is 5.75 Å². The van der Waals surface area contributed by atoms with E-state index in [-0.39, 0.29) is 15.3 Å². The van der Waals surface area contributed by atoms with Crippen LogP contribution in [0.2, 0.25) is 0 Å². The number of halogens is 5. The van der Waals surface area contributed by atoms with Crippen LogP contribution in [0.25, 0.3) is 10.4 Å². The fraction of sp³-hybridized carbons (Fsp3) is 0.368. The van der Waals surface area contributed by atoms with Crippen LogP contribution < -0.4 is 5.73 Å². The van der Waals surface area contributed by atoms with Crippen molar-refractivity contribution in [3.8, 4) is 16.5 Å². The average molecular weight is 477 g/mol. The van der Waals surface area contributed by atoms with Crippen LogP contribution in [0.5, 0.6) is 0 Å². The minimum atomic E-state index is -4.81. The molecule has 2 N–H and O–H groups in total.